The van der Waals surface area contributed by atoms with E-state index < -0.39 is 0 Å². The first kappa shape index (κ1) is 12.1. The molecule has 2 rings (SSSR count). The minimum absolute atomic E-state index is 0.196. The van der Waals surface area contributed by atoms with Crippen molar-refractivity contribution in [2.75, 3.05) is 5.32 Å². The fourth-order valence-electron chi connectivity index (χ4n) is 1.82. The highest BCUT2D eigenvalue weighted by molar-refractivity contribution is 5.99. The summed E-state index contributed by atoms with van der Waals surface area (Å²) in [6.45, 7) is 5.50. The minimum atomic E-state index is -0.196. The van der Waals surface area contributed by atoms with Crippen LogP contribution in [0.15, 0.2) is 61.2 Å². The van der Waals surface area contributed by atoms with E-state index in [0.29, 0.717) is 0 Å². The minimum Gasteiger partial charge on any atom is -0.323 e. The molecule has 0 aromatic heterocycles. The molecule has 2 nitrogen and oxygen atoms in total. The van der Waals surface area contributed by atoms with Gasteiger partial charge in [0, 0.05) is 5.69 Å². The van der Waals surface area contributed by atoms with Gasteiger partial charge in [-0.2, -0.15) is 0 Å². The Labute approximate surface area is 107 Å². The lowest BCUT2D eigenvalue weighted by Gasteiger charge is -2.09. The third-order valence-corrected chi connectivity index (χ3v) is 2.78. The fraction of sp³-hybridized carbons (Fsp3) is 0.0625. The molecule has 0 heterocycles. The first-order valence-electron chi connectivity index (χ1n) is 5.80. The van der Waals surface area contributed by atoms with Gasteiger partial charge in [0.15, 0.2) is 0 Å². The molecule has 1 N–H and O–H groups in total. The molecule has 2 aromatic rings. The van der Waals surface area contributed by atoms with Gasteiger partial charge in [0.1, 0.15) is 0 Å². The Balaban J connectivity index is 2.39. The molecule has 0 unspecified atom stereocenters. The molecule has 0 bridgehead atoms. The fourth-order valence-corrected chi connectivity index (χ4v) is 1.82. The van der Waals surface area contributed by atoms with Crippen LogP contribution in [0.1, 0.15) is 5.56 Å². The number of carbonyl (C=O) groups excluding carboxylic acids is 1. The van der Waals surface area contributed by atoms with Gasteiger partial charge in [0.2, 0.25) is 5.91 Å². The van der Waals surface area contributed by atoms with Crippen LogP contribution in [0, 0.1) is 6.92 Å². The highest BCUT2D eigenvalue weighted by Crippen LogP contribution is 2.26. The smallest absolute Gasteiger partial charge is 0.247 e. The summed E-state index contributed by atoms with van der Waals surface area (Å²) in [5.41, 5.74) is 4.23. The molecule has 0 spiro atoms. The molecule has 0 fully saturated rings. The number of aryl methyl sites for hydroxylation is 1. The zero-order chi connectivity index (χ0) is 13.0. The average molecular weight is 237 g/mol. The van der Waals surface area contributed by atoms with Crippen molar-refractivity contribution in [3.05, 3.63) is 66.7 Å². The number of hydrogen-bond acceptors (Lipinski definition) is 1. The van der Waals surface area contributed by atoms with E-state index in [-0.39, 0.29) is 5.91 Å². The monoisotopic (exact) mass is 237 g/mol. The second kappa shape index (κ2) is 5.32. The molecule has 0 aliphatic heterocycles. The average Bonchev–Trinajstić information content (AvgIpc) is 2.42. The van der Waals surface area contributed by atoms with Gasteiger partial charge in [-0.25, -0.2) is 0 Å². The molecule has 0 saturated heterocycles. The van der Waals surface area contributed by atoms with Crippen LogP contribution in [0.2, 0.25) is 0 Å². The molecule has 0 radical (unpaired) electrons. The quantitative estimate of drug-likeness (QED) is 0.808. The number of rotatable bonds is 3. The van der Waals surface area contributed by atoms with Gasteiger partial charge in [-0.1, -0.05) is 43.0 Å². The standard InChI is InChI=1S/C16H15NO/c1-3-16(18)17-14-10-9-12(2)15(11-14)13-7-5-4-6-8-13/h3-11H,1H2,2H3,(H,17,18). The third kappa shape index (κ3) is 2.66. The van der Waals surface area contributed by atoms with E-state index in [0.717, 1.165) is 16.8 Å². The van der Waals surface area contributed by atoms with Crippen LogP contribution in [0.5, 0.6) is 0 Å². The van der Waals surface area contributed by atoms with Crippen LogP contribution in [0.4, 0.5) is 5.69 Å². The highest BCUT2D eigenvalue weighted by Gasteiger charge is 2.04. The molecule has 2 heteroatoms. The molecule has 1 amide bonds. The Morgan fingerprint density at radius 1 is 1.17 bits per heavy atom. The largest absolute Gasteiger partial charge is 0.323 e. The van der Waals surface area contributed by atoms with Crippen LogP contribution < -0.4 is 5.32 Å². The summed E-state index contributed by atoms with van der Waals surface area (Å²) >= 11 is 0. The zero-order valence-corrected chi connectivity index (χ0v) is 10.3. The number of nitrogens with one attached hydrogen (secondary N) is 1. The van der Waals surface area contributed by atoms with Crippen LogP contribution in [-0.2, 0) is 4.79 Å². The van der Waals surface area contributed by atoms with Crippen LogP contribution in [0.3, 0.4) is 0 Å². The molecule has 90 valence electrons. The molecule has 2 aromatic carbocycles. The molecule has 0 aliphatic rings. The maximum absolute atomic E-state index is 11.3. The molecule has 0 aliphatic carbocycles. The van der Waals surface area contributed by atoms with Crippen LogP contribution in [0.25, 0.3) is 11.1 Å². The summed E-state index contributed by atoms with van der Waals surface area (Å²) in [6.07, 6.45) is 1.27. The van der Waals surface area contributed by atoms with Crippen molar-refractivity contribution < 1.29 is 4.79 Å². The number of anilines is 1. The Morgan fingerprint density at radius 3 is 2.56 bits per heavy atom. The summed E-state index contributed by atoms with van der Waals surface area (Å²) in [6, 6.07) is 16.0. The van der Waals surface area contributed by atoms with Crippen molar-refractivity contribution in [1.82, 2.24) is 0 Å². The summed E-state index contributed by atoms with van der Waals surface area (Å²) in [4.78, 5) is 11.3. The third-order valence-electron chi connectivity index (χ3n) is 2.78. The van der Waals surface area contributed by atoms with E-state index in [1.165, 1.54) is 11.6 Å². The SMILES string of the molecule is C=CC(=O)Nc1ccc(C)c(-c2ccccc2)c1. The Bertz CT molecular complexity index is 573. The second-order valence-corrected chi connectivity index (χ2v) is 4.09. The summed E-state index contributed by atoms with van der Waals surface area (Å²) in [7, 11) is 0. The predicted octanol–water partition coefficient (Wildman–Crippen LogP) is 3.79. The van der Waals surface area contributed by atoms with Gasteiger partial charge >= 0.3 is 0 Å². The number of amides is 1. The van der Waals surface area contributed by atoms with E-state index in [1.54, 1.807) is 0 Å². The van der Waals surface area contributed by atoms with Crippen molar-refractivity contribution in [2.24, 2.45) is 0 Å². The van der Waals surface area contributed by atoms with Gasteiger partial charge in [0.25, 0.3) is 0 Å². The highest BCUT2D eigenvalue weighted by atomic mass is 16.1. The van der Waals surface area contributed by atoms with Crippen molar-refractivity contribution >= 4 is 11.6 Å². The number of hydrogen-bond donors (Lipinski definition) is 1. The van der Waals surface area contributed by atoms with Gasteiger partial charge in [-0.3, -0.25) is 4.79 Å². The maximum Gasteiger partial charge on any atom is 0.247 e. The number of benzene rings is 2. The van der Waals surface area contributed by atoms with Crippen LogP contribution >= 0.6 is 0 Å². The van der Waals surface area contributed by atoms with E-state index >= 15 is 0 Å². The molecular formula is C16H15NO. The Hall–Kier alpha value is -2.35. The van der Waals surface area contributed by atoms with Gasteiger partial charge in [-0.05, 0) is 41.8 Å². The Morgan fingerprint density at radius 2 is 1.89 bits per heavy atom. The maximum atomic E-state index is 11.3. The molecular weight excluding hydrogens is 222 g/mol. The first-order chi connectivity index (χ1) is 8.70. The van der Waals surface area contributed by atoms with E-state index in [9.17, 15) is 4.79 Å². The zero-order valence-electron chi connectivity index (χ0n) is 10.3. The lowest BCUT2D eigenvalue weighted by Crippen LogP contribution is -2.07. The van der Waals surface area contributed by atoms with Gasteiger partial charge in [-0.15, -0.1) is 0 Å². The lowest BCUT2D eigenvalue weighted by molar-refractivity contribution is -0.111. The molecule has 0 atom stereocenters. The molecule has 18 heavy (non-hydrogen) atoms. The van der Waals surface area contributed by atoms with Crippen LogP contribution in [-0.4, -0.2) is 5.91 Å². The normalized spacial score (nSPS) is 9.83. The molecule has 0 saturated carbocycles. The van der Waals surface area contributed by atoms with Crippen molar-refractivity contribution in [3.63, 3.8) is 0 Å². The second-order valence-electron chi connectivity index (χ2n) is 4.09. The van der Waals surface area contributed by atoms with Crippen molar-refractivity contribution in [1.29, 1.82) is 0 Å². The van der Waals surface area contributed by atoms with E-state index in [1.807, 2.05) is 36.4 Å². The Kier molecular flexibility index (Phi) is 3.58. The topological polar surface area (TPSA) is 29.1 Å². The summed E-state index contributed by atoms with van der Waals surface area (Å²) < 4.78 is 0. The van der Waals surface area contributed by atoms with Crippen molar-refractivity contribution in [2.45, 2.75) is 6.92 Å². The first-order valence-corrected chi connectivity index (χ1v) is 5.80. The lowest BCUT2D eigenvalue weighted by atomic mass is 10.00. The van der Waals surface area contributed by atoms with E-state index in [2.05, 4.69) is 31.0 Å². The van der Waals surface area contributed by atoms with Gasteiger partial charge < -0.3 is 5.32 Å². The van der Waals surface area contributed by atoms with E-state index in [4.69, 9.17) is 0 Å². The predicted molar refractivity (Wildman–Crippen MR) is 75.4 cm³/mol. The van der Waals surface area contributed by atoms with Gasteiger partial charge in [0.05, 0.1) is 0 Å². The summed E-state index contributed by atoms with van der Waals surface area (Å²) in [5.74, 6) is -0.196. The van der Waals surface area contributed by atoms with Crippen molar-refractivity contribution in [3.8, 4) is 11.1 Å². The summed E-state index contributed by atoms with van der Waals surface area (Å²) in [5, 5.41) is 2.77. The number of carbonyl (C=O) groups is 1.